The average Bonchev–Trinajstić information content (AvgIpc) is 2.69. The lowest BCUT2D eigenvalue weighted by Gasteiger charge is -2.27. The number of benzene rings is 2. The molecule has 1 saturated heterocycles. The van der Waals surface area contributed by atoms with Gasteiger partial charge in [0.25, 0.3) is 5.91 Å². The number of morpholine rings is 1. The highest BCUT2D eigenvalue weighted by Gasteiger charge is 2.18. The Morgan fingerprint density at radius 2 is 1.71 bits per heavy atom. The van der Waals surface area contributed by atoms with E-state index in [1.54, 1.807) is 17.0 Å². The van der Waals surface area contributed by atoms with Crippen LogP contribution in [0.15, 0.2) is 36.4 Å². The highest BCUT2D eigenvalue weighted by Crippen LogP contribution is 2.22. The molecule has 2 aromatic rings. The van der Waals surface area contributed by atoms with Gasteiger partial charge in [-0.25, -0.2) is 0 Å². The van der Waals surface area contributed by atoms with E-state index in [9.17, 15) is 9.59 Å². The number of rotatable bonds is 5. The van der Waals surface area contributed by atoms with Crippen molar-refractivity contribution in [2.24, 2.45) is 0 Å². The van der Waals surface area contributed by atoms with Gasteiger partial charge in [0.1, 0.15) is 0 Å². The van der Waals surface area contributed by atoms with E-state index in [1.807, 2.05) is 32.9 Å². The van der Waals surface area contributed by atoms with Crippen molar-refractivity contribution in [2.45, 2.75) is 20.8 Å². The number of nitrogens with one attached hydrogen (secondary N) is 2. The number of aryl methyl sites for hydroxylation is 3. The molecule has 0 radical (unpaired) electrons. The van der Waals surface area contributed by atoms with E-state index in [4.69, 9.17) is 4.74 Å². The molecule has 0 aliphatic carbocycles. The smallest absolute Gasteiger partial charge is 0.254 e. The SMILES string of the molecule is Cc1cc(C)c(NC(=O)CNc2cccc(C(=O)N3CCOCC3)c2)c(C)c1. The third-order valence-corrected chi connectivity index (χ3v) is 4.80. The molecule has 148 valence electrons. The maximum absolute atomic E-state index is 12.6. The van der Waals surface area contributed by atoms with Crippen LogP contribution in [-0.2, 0) is 9.53 Å². The quantitative estimate of drug-likeness (QED) is 0.835. The summed E-state index contributed by atoms with van der Waals surface area (Å²) >= 11 is 0. The first-order valence-electron chi connectivity index (χ1n) is 9.52. The van der Waals surface area contributed by atoms with Gasteiger partial charge in [0.2, 0.25) is 5.91 Å². The molecule has 0 bridgehead atoms. The van der Waals surface area contributed by atoms with E-state index in [0.29, 0.717) is 31.9 Å². The van der Waals surface area contributed by atoms with Crippen molar-refractivity contribution in [2.75, 3.05) is 43.5 Å². The van der Waals surface area contributed by atoms with Crippen molar-refractivity contribution in [3.63, 3.8) is 0 Å². The summed E-state index contributed by atoms with van der Waals surface area (Å²) in [6, 6.07) is 11.4. The number of hydrogen-bond donors (Lipinski definition) is 2. The predicted molar refractivity (Wildman–Crippen MR) is 111 cm³/mol. The van der Waals surface area contributed by atoms with Crippen molar-refractivity contribution in [3.05, 3.63) is 58.7 Å². The van der Waals surface area contributed by atoms with Crippen LogP contribution in [-0.4, -0.2) is 49.6 Å². The topological polar surface area (TPSA) is 70.7 Å². The number of ether oxygens (including phenoxy) is 1. The second-order valence-electron chi connectivity index (χ2n) is 7.16. The third-order valence-electron chi connectivity index (χ3n) is 4.80. The van der Waals surface area contributed by atoms with Crippen LogP contribution in [0.4, 0.5) is 11.4 Å². The van der Waals surface area contributed by atoms with E-state index in [2.05, 4.69) is 22.8 Å². The molecule has 6 nitrogen and oxygen atoms in total. The molecule has 0 aromatic heterocycles. The minimum Gasteiger partial charge on any atom is -0.378 e. The Balaban J connectivity index is 1.60. The zero-order valence-electron chi connectivity index (χ0n) is 16.7. The number of amides is 2. The normalized spacial score (nSPS) is 13.9. The van der Waals surface area contributed by atoms with Crippen LogP contribution < -0.4 is 10.6 Å². The molecule has 1 aliphatic rings. The maximum atomic E-state index is 12.6. The van der Waals surface area contributed by atoms with Gasteiger partial charge in [0.05, 0.1) is 19.8 Å². The molecule has 28 heavy (non-hydrogen) atoms. The molecular weight excluding hydrogens is 354 g/mol. The lowest BCUT2D eigenvalue weighted by atomic mass is 10.1. The fraction of sp³-hybridized carbons (Fsp3) is 0.364. The van der Waals surface area contributed by atoms with Crippen LogP contribution in [0.3, 0.4) is 0 Å². The molecule has 2 aromatic carbocycles. The van der Waals surface area contributed by atoms with Crippen molar-refractivity contribution >= 4 is 23.2 Å². The van der Waals surface area contributed by atoms with Crippen LogP contribution in [0, 0.1) is 20.8 Å². The molecule has 1 fully saturated rings. The zero-order chi connectivity index (χ0) is 20.1. The molecule has 1 aliphatic heterocycles. The summed E-state index contributed by atoms with van der Waals surface area (Å²) in [5.74, 6) is -0.137. The Labute approximate surface area is 165 Å². The molecule has 2 N–H and O–H groups in total. The summed E-state index contributed by atoms with van der Waals surface area (Å²) in [6.07, 6.45) is 0. The molecular formula is C22H27N3O3. The van der Waals surface area contributed by atoms with E-state index >= 15 is 0 Å². The van der Waals surface area contributed by atoms with Crippen molar-refractivity contribution in [3.8, 4) is 0 Å². The Bertz CT molecular complexity index is 850. The van der Waals surface area contributed by atoms with Crippen molar-refractivity contribution in [1.29, 1.82) is 0 Å². The van der Waals surface area contributed by atoms with Gasteiger partial charge >= 0.3 is 0 Å². The number of nitrogens with zero attached hydrogens (tertiary/aromatic N) is 1. The highest BCUT2D eigenvalue weighted by atomic mass is 16.5. The zero-order valence-corrected chi connectivity index (χ0v) is 16.7. The second-order valence-corrected chi connectivity index (χ2v) is 7.16. The van der Waals surface area contributed by atoms with E-state index in [-0.39, 0.29) is 18.4 Å². The Morgan fingerprint density at radius 3 is 2.39 bits per heavy atom. The first-order valence-corrected chi connectivity index (χ1v) is 9.52. The standard InChI is InChI=1S/C22H27N3O3/c1-15-11-16(2)21(17(3)12-15)24-20(26)14-23-19-6-4-5-18(13-19)22(27)25-7-9-28-10-8-25/h4-6,11-13,23H,7-10,14H2,1-3H3,(H,24,26). The summed E-state index contributed by atoms with van der Waals surface area (Å²) in [5, 5.41) is 6.08. The monoisotopic (exact) mass is 381 g/mol. The Kier molecular flexibility index (Phi) is 6.31. The molecule has 0 spiro atoms. The van der Waals surface area contributed by atoms with Crippen molar-refractivity contribution in [1.82, 2.24) is 4.90 Å². The molecule has 0 unspecified atom stereocenters. The van der Waals surface area contributed by atoms with Crippen LogP contribution >= 0.6 is 0 Å². The molecule has 0 saturated carbocycles. The van der Waals surface area contributed by atoms with Crippen LogP contribution in [0.5, 0.6) is 0 Å². The second kappa shape index (κ2) is 8.89. The summed E-state index contributed by atoms with van der Waals surface area (Å²) in [4.78, 5) is 26.8. The van der Waals surface area contributed by atoms with Crippen LogP contribution in [0.1, 0.15) is 27.0 Å². The van der Waals surface area contributed by atoms with Gasteiger partial charge in [0, 0.05) is 30.0 Å². The number of carbonyl (C=O) groups excluding carboxylic acids is 2. The molecule has 6 heteroatoms. The van der Waals surface area contributed by atoms with E-state index < -0.39 is 0 Å². The Hall–Kier alpha value is -2.86. The summed E-state index contributed by atoms with van der Waals surface area (Å²) in [5.41, 5.74) is 5.47. The lowest BCUT2D eigenvalue weighted by Crippen LogP contribution is -2.40. The molecule has 1 heterocycles. The van der Waals surface area contributed by atoms with E-state index in [0.717, 1.165) is 22.5 Å². The average molecular weight is 381 g/mol. The first kappa shape index (κ1) is 19.9. The fourth-order valence-corrected chi connectivity index (χ4v) is 3.45. The minimum absolute atomic E-state index is 0.0118. The minimum atomic E-state index is -0.125. The first-order chi connectivity index (χ1) is 13.4. The third kappa shape index (κ3) is 4.89. The largest absolute Gasteiger partial charge is 0.378 e. The highest BCUT2D eigenvalue weighted by molar-refractivity contribution is 5.97. The summed E-state index contributed by atoms with van der Waals surface area (Å²) in [7, 11) is 0. The van der Waals surface area contributed by atoms with Crippen LogP contribution in [0.2, 0.25) is 0 Å². The molecule has 3 rings (SSSR count). The van der Waals surface area contributed by atoms with Gasteiger partial charge in [-0.3, -0.25) is 9.59 Å². The van der Waals surface area contributed by atoms with Crippen molar-refractivity contribution < 1.29 is 14.3 Å². The lowest BCUT2D eigenvalue weighted by molar-refractivity contribution is -0.114. The fourth-order valence-electron chi connectivity index (χ4n) is 3.45. The number of hydrogen-bond acceptors (Lipinski definition) is 4. The number of anilines is 2. The Morgan fingerprint density at radius 1 is 1.04 bits per heavy atom. The van der Waals surface area contributed by atoms with Gasteiger partial charge in [-0.2, -0.15) is 0 Å². The maximum Gasteiger partial charge on any atom is 0.254 e. The van der Waals surface area contributed by atoms with Gasteiger partial charge in [0.15, 0.2) is 0 Å². The van der Waals surface area contributed by atoms with Gasteiger partial charge in [-0.15, -0.1) is 0 Å². The van der Waals surface area contributed by atoms with Gasteiger partial charge in [-0.05, 0) is 50.1 Å². The van der Waals surface area contributed by atoms with Gasteiger partial charge < -0.3 is 20.3 Å². The summed E-state index contributed by atoms with van der Waals surface area (Å²) < 4.78 is 5.30. The predicted octanol–water partition coefficient (Wildman–Crippen LogP) is 3.13. The molecule has 0 atom stereocenters. The van der Waals surface area contributed by atoms with Crippen LogP contribution in [0.25, 0.3) is 0 Å². The number of carbonyl (C=O) groups is 2. The summed E-state index contributed by atoms with van der Waals surface area (Å²) in [6.45, 7) is 8.50. The van der Waals surface area contributed by atoms with E-state index in [1.165, 1.54) is 5.56 Å². The molecule has 2 amide bonds. The van der Waals surface area contributed by atoms with Gasteiger partial charge in [-0.1, -0.05) is 23.8 Å².